The highest BCUT2D eigenvalue weighted by atomic mass is 19.1. The molecule has 5 heteroatoms. The van der Waals surface area contributed by atoms with Gasteiger partial charge in [0, 0.05) is 30.6 Å². The maximum absolute atomic E-state index is 14.9. The number of halogens is 2. The third kappa shape index (κ3) is 2.94. The van der Waals surface area contributed by atoms with Crippen LogP contribution in [0.4, 0.5) is 20.2 Å². The Balaban J connectivity index is 2.61. The second-order valence-corrected chi connectivity index (χ2v) is 5.61. The fraction of sp³-hybridized carbons (Fsp3) is 0.588. The Hall–Kier alpha value is -1.65. The highest BCUT2D eigenvalue weighted by Crippen LogP contribution is 2.37. The molecule has 0 aliphatic carbocycles. The molecule has 1 aliphatic rings. The van der Waals surface area contributed by atoms with Gasteiger partial charge >= 0.3 is 0 Å². The maximum Gasteiger partial charge on any atom is 0.224 e. The summed E-state index contributed by atoms with van der Waals surface area (Å²) in [7, 11) is 0. The van der Waals surface area contributed by atoms with E-state index in [0.717, 1.165) is 12.8 Å². The van der Waals surface area contributed by atoms with Crippen LogP contribution in [0.3, 0.4) is 0 Å². The van der Waals surface area contributed by atoms with Gasteiger partial charge in [-0.05, 0) is 25.7 Å². The van der Waals surface area contributed by atoms with E-state index in [1.165, 1.54) is 0 Å². The van der Waals surface area contributed by atoms with Gasteiger partial charge in [0.25, 0.3) is 0 Å². The van der Waals surface area contributed by atoms with Crippen LogP contribution in [-0.2, 0) is 17.6 Å². The molecule has 0 spiro atoms. The summed E-state index contributed by atoms with van der Waals surface area (Å²) in [5.41, 5.74) is 1.22. The van der Waals surface area contributed by atoms with Crippen molar-refractivity contribution in [3.8, 4) is 0 Å². The molecule has 1 aliphatic heterocycles. The first-order valence-corrected chi connectivity index (χ1v) is 8.12. The minimum Gasteiger partial charge on any atom is -0.367 e. The lowest BCUT2D eigenvalue weighted by Crippen LogP contribution is -2.24. The molecule has 122 valence electrons. The Labute approximate surface area is 130 Å². The van der Waals surface area contributed by atoms with Gasteiger partial charge in [0.15, 0.2) is 11.6 Å². The normalized spacial score (nSPS) is 14.5. The van der Waals surface area contributed by atoms with Crippen molar-refractivity contribution in [1.29, 1.82) is 0 Å². The Morgan fingerprint density at radius 3 is 1.95 bits per heavy atom. The molecule has 22 heavy (non-hydrogen) atoms. The lowest BCUT2D eigenvalue weighted by Gasteiger charge is -2.25. The summed E-state index contributed by atoms with van der Waals surface area (Å²) in [5.74, 6) is -1.27. The largest absolute Gasteiger partial charge is 0.367 e. The van der Waals surface area contributed by atoms with E-state index < -0.39 is 11.6 Å². The molecule has 0 unspecified atom stereocenters. The van der Waals surface area contributed by atoms with Crippen molar-refractivity contribution in [2.24, 2.45) is 0 Å². The highest BCUT2D eigenvalue weighted by molar-refractivity contribution is 5.93. The summed E-state index contributed by atoms with van der Waals surface area (Å²) in [4.78, 5) is 13.5. The van der Waals surface area contributed by atoms with E-state index in [1.54, 1.807) is 11.8 Å². The topological polar surface area (TPSA) is 32.3 Å². The molecule has 1 amide bonds. The van der Waals surface area contributed by atoms with Gasteiger partial charge in [-0.2, -0.15) is 0 Å². The molecular formula is C17H24F2N2O. The molecule has 0 bridgehead atoms. The standard InChI is InChI=1S/C17H24F2N2O/c1-4-11-14(18)17(21-9-7-8-10-21)15(19)12(5-2)16(11)20-13(22)6-3/h4-10H2,1-3H3,(H,20,22). The molecule has 1 N–H and O–H groups in total. The van der Waals surface area contributed by atoms with Crippen molar-refractivity contribution < 1.29 is 13.6 Å². The van der Waals surface area contributed by atoms with Crippen molar-refractivity contribution in [3.63, 3.8) is 0 Å². The molecule has 0 saturated carbocycles. The number of carbonyl (C=O) groups excluding carboxylic acids is 1. The van der Waals surface area contributed by atoms with E-state index in [4.69, 9.17) is 0 Å². The van der Waals surface area contributed by atoms with E-state index in [2.05, 4.69) is 5.32 Å². The summed E-state index contributed by atoms with van der Waals surface area (Å²) in [6.45, 7) is 6.73. The van der Waals surface area contributed by atoms with Gasteiger partial charge < -0.3 is 10.2 Å². The first kappa shape index (κ1) is 16.7. The number of rotatable bonds is 5. The minimum atomic E-state index is -0.523. The third-order valence-corrected chi connectivity index (χ3v) is 4.26. The second-order valence-electron chi connectivity index (χ2n) is 5.61. The van der Waals surface area contributed by atoms with Crippen LogP contribution in [-0.4, -0.2) is 19.0 Å². The van der Waals surface area contributed by atoms with E-state index in [1.807, 2.05) is 13.8 Å². The van der Waals surface area contributed by atoms with Gasteiger partial charge in [-0.25, -0.2) is 8.78 Å². The predicted octanol–water partition coefficient (Wildman–Crippen LogP) is 4.04. The summed E-state index contributed by atoms with van der Waals surface area (Å²) in [6.07, 6.45) is 3.02. The van der Waals surface area contributed by atoms with Crippen LogP contribution in [0.2, 0.25) is 0 Å². The molecule has 1 saturated heterocycles. The van der Waals surface area contributed by atoms with Gasteiger partial charge in [0.05, 0.1) is 5.69 Å². The quantitative estimate of drug-likeness (QED) is 0.890. The first-order chi connectivity index (χ1) is 10.5. The average molecular weight is 310 g/mol. The Morgan fingerprint density at radius 1 is 1.05 bits per heavy atom. The summed E-state index contributed by atoms with van der Waals surface area (Å²) >= 11 is 0. The monoisotopic (exact) mass is 310 g/mol. The molecule has 1 fully saturated rings. The number of anilines is 2. The summed E-state index contributed by atoms with van der Waals surface area (Å²) < 4.78 is 29.8. The number of hydrogen-bond acceptors (Lipinski definition) is 2. The van der Waals surface area contributed by atoms with Crippen LogP contribution in [0.1, 0.15) is 51.2 Å². The molecule has 1 aromatic rings. The minimum absolute atomic E-state index is 0.0840. The molecular weight excluding hydrogens is 286 g/mol. The Kier molecular flexibility index (Phi) is 5.37. The van der Waals surface area contributed by atoms with Gasteiger partial charge in [0.2, 0.25) is 5.91 Å². The van der Waals surface area contributed by atoms with Crippen molar-refractivity contribution in [3.05, 3.63) is 22.8 Å². The number of amides is 1. The van der Waals surface area contributed by atoms with Crippen LogP contribution in [0.15, 0.2) is 0 Å². The van der Waals surface area contributed by atoms with E-state index in [9.17, 15) is 13.6 Å². The van der Waals surface area contributed by atoms with E-state index in [0.29, 0.717) is 42.7 Å². The zero-order valence-electron chi connectivity index (χ0n) is 13.6. The van der Waals surface area contributed by atoms with Crippen LogP contribution in [0.25, 0.3) is 0 Å². The molecule has 0 aromatic heterocycles. The lowest BCUT2D eigenvalue weighted by atomic mass is 9.99. The fourth-order valence-electron chi connectivity index (χ4n) is 3.04. The van der Waals surface area contributed by atoms with Crippen LogP contribution >= 0.6 is 0 Å². The molecule has 0 atom stereocenters. The summed E-state index contributed by atoms with van der Waals surface area (Å²) in [6, 6.07) is 0. The highest BCUT2D eigenvalue weighted by Gasteiger charge is 2.28. The predicted molar refractivity (Wildman–Crippen MR) is 85.5 cm³/mol. The number of benzene rings is 1. The van der Waals surface area contributed by atoms with Crippen molar-refractivity contribution in [2.45, 2.75) is 52.9 Å². The number of nitrogens with one attached hydrogen (secondary N) is 1. The number of carbonyl (C=O) groups is 1. The zero-order valence-corrected chi connectivity index (χ0v) is 13.6. The Morgan fingerprint density at radius 2 is 1.55 bits per heavy atom. The van der Waals surface area contributed by atoms with Crippen molar-refractivity contribution in [2.75, 3.05) is 23.3 Å². The van der Waals surface area contributed by atoms with Crippen molar-refractivity contribution in [1.82, 2.24) is 0 Å². The first-order valence-electron chi connectivity index (χ1n) is 8.12. The van der Waals surface area contributed by atoms with Gasteiger partial charge in [-0.15, -0.1) is 0 Å². The molecule has 3 nitrogen and oxygen atoms in total. The molecule has 0 radical (unpaired) electrons. The average Bonchev–Trinajstić information content (AvgIpc) is 3.01. The van der Waals surface area contributed by atoms with Crippen LogP contribution in [0, 0.1) is 11.6 Å². The molecule has 2 rings (SSSR count). The lowest BCUT2D eigenvalue weighted by molar-refractivity contribution is -0.115. The van der Waals surface area contributed by atoms with Gasteiger partial charge in [-0.3, -0.25) is 4.79 Å². The van der Waals surface area contributed by atoms with Crippen LogP contribution in [0.5, 0.6) is 0 Å². The van der Waals surface area contributed by atoms with Crippen molar-refractivity contribution >= 4 is 17.3 Å². The second kappa shape index (κ2) is 7.07. The SMILES string of the molecule is CCC(=O)Nc1c(CC)c(F)c(N2CCCC2)c(F)c1CC. The molecule has 1 aromatic carbocycles. The third-order valence-electron chi connectivity index (χ3n) is 4.26. The molecule has 1 heterocycles. The Bertz CT molecular complexity index is 535. The van der Waals surface area contributed by atoms with Gasteiger partial charge in [-0.1, -0.05) is 20.8 Å². The fourth-order valence-corrected chi connectivity index (χ4v) is 3.04. The van der Waals surface area contributed by atoms with Gasteiger partial charge in [0.1, 0.15) is 5.69 Å². The maximum atomic E-state index is 14.9. The van der Waals surface area contributed by atoms with Crippen LogP contribution < -0.4 is 10.2 Å². The summed E-state index contributed by atoms with van der Waals surface area (Å²) in [5, 5.41) is 2.69. The smallest absolute Gasteiger partial charge is 0.224 e. The van der Waals surface area contributed by atoms with E-state index >= 15 is 0 Å². The number of hydrogen-bond donors (Lipinski definition) is 1. The van der Waals surface area contributed by atoms with E-state index in [-0.39, 0.29) is 18.0 Å². The number of nitrogens with zero attached hydrogens (tertiary/aromatic N) is 1. The zero-order chi connectivity index (χ0) is 16.3.